The van der Waals surface area contributed by atoms with Crippen molar-refractivity contribution in [1.29, 1.82) is 0 Å². The maximum absolute atomic E-state index is 11.3. The van der Waals surface area contributed by atoms with Crippen LogP contribution in [0.2, 0.25) is 0 Å². The number of aryl methyl sites for hydroxylation is 1. The van der Waals surface area contributed by atoms with Crippen LogP contribution in [0.5, 0.6) is 0 Å². The van der Waals surface area contributed by atoms with Gasteiger partial charge in [-0.05, 0) is 6.42 Å². The van der Waals surface area contributed by atoms with Gasteiger partial charge in [0.1, 0.15) is 5.69 Å². The lowest BCUT2D eigenvalue weighted by atomic mass is 9.93. The Kier molecular flexibility index (Phi) is 3.08. The largest absolute Gasteiger partial charge is 0.296 e. The van der Waals surface area contributed by atoms with E-state index < -0.39 is 0 Å². The fourth-order valence-electron chi connectivity index (χ4n) is 1.98. The molecule has 0 amide bonds. The van der Waals surface area contributed by atoms with Crippen LogP contribution < -0.4 is 0 Å². The molecular formula is C13H18N2OS. The molecule has 2 heterocycles. The van der Waals surface area contributed by atoms with Crippen molar-refractivity contribution in [2.75, 3.05) is 0 Å². The molecule has 0 aromatic carbocycles. The van der Waals surface area contributed by atoms with Crippen LogP contribution in [-0.4, -0.2) is 15.7 Å². The first kappa shape index (κ1) is 12.3. The molecule has 0 aliphatic heterocycles. The van der Waals surface area contributed by atoms with Crippen molar-refractivity contribution in [3.8, 4) is 0 Å². The van der Waals surface area contributed by atoms with Gasteiger partial charge in [0.05, 0.1) is 5.69 Å². The van der Waals surface area contributed by atoms with Crippen LogP contribution in [0.1, 0.15) is 56.0 Å². The molecular weight excluding hydrogens is 232 g/mol. The van der Waals surface area contributed by atoms with E-state index in [1.165, 1.54) is 0 Å². The van der Waals surface area contributed by atoms with Crippen molar-refractivity contribution >= 4 is 22.6 Å². The van der Waals surface area contributed by atoms with Crippen LogP contribution in [0.4, 0.5) is 0 Å². The second-order valence-corrected chi connectivity index (χ2v) is 6.14. The van der Waals surface area contributed by atoms with Gasteiger partial charge in [0, 0.05) is 16.5 Å². The molecule has 2 aromatic rings. The van der Waals surface area contributed by atoms with E-state index in [1.54, 1.807) is 11.3 Å². The normalized spacial score (nSPS) is 12.2. The monoisotopic (exact) mass is 250 g/mol. The SMILES string of the molecule is CCCc1nc2scc(C(C)(C)C)n2c1C=O. The topological polar surface area (TPSA) is 34.4 Å². The highest BCUT2D eigenvalue weighted by atomic mass is 32.1. The zero-order valence-corrected chi connectivity index (χ0v) is 11.6. The fraction of sp³-hybridized carbons (Fsp3) is 0.538. The number of fused-ring (bicyclic) bond motifs is 1. The molecule has 4 heteroatoms. The minimum absolute atomic E-state index is 0.0280. The summed E-state index contributed by atoms with van der Waals surface area (Å²) < 4.78 is 2.02. The number of hydrogen-bond donors (Lipinski definition) is 0. The predicted octanol–water partition coefficient (Wildman–Crippen LogP) is 3.46. The van der Waals surface area contributed by atoms with E-state index in [2.05, 4.69) is 38.1 Å². The summed E-state index contributed by atoms with van der Waals surface area (Å²) in [6, 6.07) is 0. The Morgan fingerprint density at radius 3 is 2.71 bits per heavy atom. The highest BCUT2D eigenvalue weighted by Gasteiger charge is 2.23. The number of aromatic nitrogens is 2. The number of nitrogens with zero attached hydrogens (tertiary/aromatic N) is 2. The predicted molar refractivity (Wildman–Crippen MR) is 71.2 cm³/mol. The highest BCUT2D eigenvalue weighted by molar-refractivity contribution is 7.15. The Hall–Kier alpha value is -1.16. The van der Waals surface area contributed by atoms with Gasteiger partial charge >= 0.3 is 0 Å². The van der Waals surface area contributed by atoms with E-state index in [1.807, 2.05) is 4.40 Å². The summed E-state index contributed by atoms with van der Waals surface area (Å²) >= 11 is 1.61. The van der Waals surface area contributed by atoms with Gasteiger partial charge in [-0.3, -0.25) is 9.20 Å². The number of aldehydes is 1. The first-order chi connectivity index (χ1) is 7.99. The third-order valence-electron chi connectivity index (χ3n) is 2.84. The molecule has 0 spiro atoms. The van der Waals surface area contributed by atoms with Crippen molar-refractivity contribution in [3.05, 3.63) is 22.5 Å². The van der Waals surface area contributed by atoms with Gasteiger partial charge in [-0.15, -0.1) is 11.3 Å². The van der Waals surface area contributed by atoms with Crippen molar-refractivity contribution in [1.82, 2.24) is 9.38 Å². The molecule has 0 fully saturated rings. The molecule has 0 saturated carbocycles. The lowest BCUT2D eigenvalue weighted by Crippen LogP contribution is -2.15. The van der Waals surface area contributed by atoms with Gasteiger partial charge in [-0.2, -0.15) is 0 Å². The smallest absolute Gasteiger partial charge is 0.194 e. The van der Waals surface area contributed by atoms with E-state index >= 15 is 0 Å². The number of hydrogen-bond acceptors (Lipinski definition) is 3. The maximum Gasteiger partial charge on any atom is 0.194 e. The molecule has 0 aliphatic rings. The average molecular weight is 250 g/mol. The number of carbonyl (C=O) groups excluding carboxylic acids is 1. The minimum Gasteiger partial charge on any atom is -0.296 e. The third-order valence-corrected chi connectivity index (χ3v) is 3.67. The molecule has 0 N–H and O–H groups in total. The van der Waals surface area contributed by atoms with Crippen LogP contribution in [-0.2, 0) is 11.8 Å². The molecule has 2 rings (SSSR count). The summed E-state index contributed by atoms with van der Waals surface area (Å²) in [5.74, 6) is 0. The summed E-state index contributed by atoms with van der Waals surface area (Å²) in [4.78, 5) is 16.8. The Morgan fingerprint density at radius 1 is 1.47 bits per heavy atom. The van der Waals surface area contributed by atoms with Crippen molar-refractivity contribution < 1.29 is 4.79 Å². The summed E-state index contributed by atoms with van der Waals surface area (Å²) in [5.41, 5.74) is 2.85. The number of carbonyl (C=O) groups is 1. The highest BCUT2D eigenvalue weighted by Crippen LogP contribution is 2.29. The second-order valence-electron chi connectivity index (χ2n) is 5.30. The van der Waals surface area contributed by atoms with Crippen LogP contribution in [0.3, 0.4) is 0 Å². The van der Waals surface area contributed by atoms with Gasteiger partial charge in [-0.1, -0.05) is 34.1 Å². The summed E-state index contributed by atoms with van der Waals surface area (Å²) in [7, 11) is 0. The Morgan fingerprint density at radius 2 is 2.18 bits per heavy atom. The van der Waals surface area contributed by atoms with Crippen molar-refractivity contribution in [2.45, 2.75) is 46.0 Å². The fourth-order valence-corrected chi connectivity index (χ4v) is 3.12. The molecule has 92 valence electrons. The van der Waals surface area contributed by atoms with Gasteiger partial charge in [0.15, 0.2) is 11.2 Å². The van der Waals surface area contributed by atoms with E-state index in [0.717, 1.165) is 41.2 Å². The van der Waals surface area contributed by atoms with Crippen LogP contribution >= 0.6 is 11.3 Å². The quantitative estimate of drug-likeness (QED) is 0.782. The molecule has 0 unspecified atom stereocenters. The molecule has 17 heavy (non-hydrogen) atoms. The van der Waals surface area contributed by atoms with Crippen LogP contribution in [0.15, 0.2) is 5.38 Å². The Labute approximate surface area is 105 Å². The van der Waals surface area contributed by atoms with Crippen molar-refractivity contribution in [2.24, 2.45) is 0 Å². The van der Waals surface area contributed by atoms with Crippen molar-refractivity contribution in [3.63, 3.8) is 0 Å². The first-order valence-electron chi connectivity index (χ1n) is 5.93. The standard InChI is InChI=1S/C13H18N2OS/c1-5-6-9-10(7-16)15-11(13(2,3)4)8-17-12(15)14-9/h7-8H,5-6H2,1-4H3. The molecule has 0 radical (unpaired) electrons. The van der Waals surface area contributed by atoms with E-state index in [4.69, 9.17) is 0 Å². The first-order valence-corrected chi connectivity index (χ1v) is 6.81. The molecule has 0 atom stereocenters. The summed E-state index contributed by atoms with van der Waals surface area (Å²) in [5, 5.41) is 2.10. The molecule has 0 bridgehead atoms. The van der Waals surface area contributed by atoms with Gasteiger partial charge in [0.2, 0.25) is 0 Å². The van der Waals surface area contributed by atoms with Gasteiger partial charge < -0.3 is 0 Å². The average Bonchev–Trinajstić information content (AvgIpc) is 2.74. The number of thiazole rings is 1. The minimum atomic E-state index is 0.0280. The van der Waals surface area contributed by atoms with Gasteiger partial charge in [-0.25, -0.2) is 4.98 Å². The Balaban J connectivity index is 2.69. The molecule has 0 aliphatic carbocycles. The van der Waals surface area contributed by atoms with E-state index in [9.17, 15) is 4.79 Å². The van der Waals surface area contributed by atoms with E-state index in [-0.39, 0.29) is 5.41 Å². The summed E-state index contributed by atoms with van der Waals surface area (Å²) in [6.07, 6.45) is 2.82. The molecule has 0 saturated heterocycles. The zero-order chi connectivity index (χ0) is 12.6. The lowest BCUT2D eigenvalue weighted by molar-refractivity contribution is 0.111. The third kappa shape index (κ3) is 2.02. The maximum atomic E-state index is 11.3. The summed E-state index contributed by atoms with van der Waals surface area (Å²) in [6.45, 7) is 8.57. The number of imidazole rings is 1. The number of rotatable bonds is 3. The van der Waals surface area contributed by atoms with Crippen LogP contribution in [0, 0.1) is 0 Å². The molecule has 2 aromatic heterocycles. The van der Waals surface area contributed by atoms with Crippen LogP contribution in [0.25, 0.3) is 4.96 Å². The second kappa shape index (κ2) is 4.26. The lowest BCUT2D eigenvalue weighted by Gasteiger charge is -2.17. The molecule has 3 nitrogen and oxygen atoms in total. The zero-order valence-electron chi connectivity index (χ0n) is 10.8. The van der Waals surface area contributed by atoms with E-state index in [0.29, 0.717) is 0 Å². The Bertz CT molecular complexity index is 545. The van der Waals surface area contributed by atoms with Gasteiger partial charge in [0.25, 0.3) is 0 Å².